The number of amides is 2. The van der Waals surface area contributed by atoms with E-state index in [9.17, 15) is 9.59 Å². The van der Waals surface area contributed by atoms with Gasteiger partial charge in [0.15, 0.2) is 5.13 Å². The molecule has 5 nitrogen and oxygen atoms in total. The van der Waals surface area contributed by atoms with Gasteiger partial charge in [-0.2, -0.15) is 0 Å². The number of carbonyl (C=O) groups is 2. The molecule has 2 heterocycles. The second-order valence-electron chi connectivity index (χ2n) is 6.94. The van der Waals surface area contributed by atoms with Gasteiger partial charge in [0.05, 0.1) is 6.42 Å². The molecule has 0 saturated heterocycles. The molecule has 2 amide bonds. The van der Waals surface area contributed by atoms with Crippen LogP contribution in [0.3, 0.4) is 0 Å². The molecule has 0 radical (unpaired) electrons. The third kappa shape index (κ3) is 3.55. The molecule has 0 spiro atoms. The van der Waals surface area contributed by atoms with Gasteiger partial charge in [0.25, 0.3) is 0 Å². The Morgan fingerprint density at radius 2 is 2.19 bits per heavy atom. The first-order valence-electron chi connectivity index (χ1n) is 8.92. The number of nitrogens with one attached hydrogen (secondary N) is 1. The second kappa shape index (κ2) is 7.48. The molecule has 136 valence electrons. The van der Waals surface area contributed by atoms with Gasteiger partial charge in [-0.1, -0.05) is 47.7 Å². The van der Waals surface area contributed by atoms with Crippen LogP contribution >= 0.6 is 27.3 Å². The van der Waals surface area contributed by atoms with Crippen molar-refractivity contribution in [1.29, 1.82) is 0 Å². The summed E-state index contributed by atoms with van der Waals surface area (Å²) in [6, 6.07) is 5.35. The maximum Gasteiger partial charge on any atom is 0.249 e. The summed E-state index contributed by atoms with van der Waals surface area (Å²) in [7, 11) is 0. The van der Waals surface area contributed by atoms with Crippen LogP contribution in [0.5, 0.6) is 0 Å². The van der Waals surface area contributed by atoms with E-state index in [2.05, 4.69) is 26.2 Å². The molecular weight excluding hydrogens is 414 g/mol. The maximum atomic E-state index is 13.1. The molecule has 1 aliphatic heterocycles. The Kier molecular flexibility index (Phi) is 5.09. The van der Waals surface area contributed by atoms with E-state index in [0.29, 0.717) is 23.9 Å². The first-order valence-corrected chi connectivity index (χ1v) is 10.6. The van der Waals surface area contributed by atoms with E-state index in [0.717, 1.165) is 28.6 Å². The zero-order chi connectivity index (χ0) is 18.1. The number of fused-ring (bicyclic) bond motifs is 1. The minimum Gasteiger partial charge on any atom is -0.300 e. The Hall–Kier alpha value is -1.73. The number of anilines is 2. The average molecular weight is 434 g/mol. The zero-order valence-corrected chi connectivity index (χ0v) is 16.7. The van der Waals surface area contributed by atoms with E-state index in [1.54, 1.807) is 11.1 Å². The highest BCUT2D eigenvalue weighted by Crippen LogP contribution is 2.37. The Morgan fingerprint density at radius 3 is 2.92 bits per heavy atom. The van der Waals surface area contributed by atoms with Gasteiger partial charge in [0.2, 0.25) is 11.8 Å². The molecule has 1 aromatic heterocycles. The van der Waals surface area contributed by atoms with Crippen molar-refractivity contribution in [3.05, 3.63) is 39.8 Å². The smallest absolute Gasteiger partial charge is 0.249 e. The van der Waals surface area contributed by atoms with Crippen molar-refractivity contribution in [3.63, 3.8) is 0 Å². The molecule has 1 N–H and O–H groups in total. The SMILES string of the molecule is O=C(Nc1nccs1)C(CC1CCCC1)N1C(=O)Cc2ccc(Br)cc21. The van der Waals surface area contributed by atoms with Gasteiger partial charge in [-0.15, -0.1) is 11.3 Å². The molecular formula is C19H20BrN3O2S. The number of nitrogens with zero attached hydrogens (tertiary/aromatic N) is 2. The summed E-state index contributed by atoms with van der Waals surface area (Å²) in [5.74, 6) is 0.342. The summed E-state index contributed by atoms with van der Waals surface area (Å²) >= 11 is 4.88. The Bertz CT molecular complexity index is 818. The lowest BCUT2D eigenvalue weighted by molar-refractivity contribution is -0.123. The third-order valence-electron chi connectivity index (χ3n) is 5.23. The van der Waals surface area contributed by atoms with Crippen molar-refractivity contribution in [3.8, 4) is 0 Å². The Morgan fingerprint density at radius 1 is 1.38 bits per heavy atom. The van der Waals surface area contributed by atoms with E-state index in [1.165, 1.54) is 24.2 Å². The van der Waals surface area contributed by atoms with Crippen molar-refractivity contribution in [2.45, 2.75) is 44.6 Å². The largest absolute Gasteiger partial charge is 0.300 e. The summed E-state index contributed by atoms with van der Waals surface area (Å²) in [6.45, 7) is 0. The van der Waals surface area contributed by atoms with Crippen LogP contribution in [0.25, 0.3) is 0 Å². The number of hydrogen-bond acceptors (Lipinski definition) is 4. The van der Waals surface area contributed by atoms with Gasteiger partial charge >= 0.3 is 0 Å². The lowest BCUT2D eigenvalue weighted by Gasteiger charge is -2.29. The highest BCUT2D eigenvalue weighted by Gasteiger charge is 2.38. The Balaban J connectivity index is 1.64. The van der Waals surface area contributed by atoms with E-state index in [4.69, 9.17) is 0 Å². The molecule has 1 unspecified atom stereocenters. The maximum absolute atomic E-state index is 13.1. The van der Waals surface area contributed by atoms with Crippen LogP contribution < -0.4 is 10.2 Å². The van der Waals surface area contributed by atoms with E-state index in [1.807, 2.05) is 23.6 Å². The van der Waals surface area contributed by atoms with Crippen LogP contribution in [0.2, 0.25) is 0 Å². The van der Waals surface area contributed by atoms with Crippen LogP contribution in [0.15, 0.2) is 34.2 Å². The van der Waals surface area contributed by atoms with E-state index < -0.39 is 6.04 Å². The molecule has 1 aromatic carbocycles. The third-order valence-corrected chi connectivity index (χ3v) is 6.41. The van der Waals surface area contributed by atoms with Crippen molar-refractivity contribution in [1.82, 2.24) is 4.98 Å². The number of halogens is 1. The molecule has 7 heteroatoms. The number of carbonyl (C=O) groups excluding carboxylic acids is 2. The second-order valence-corrected chi connectivity index (χ2v) is 8.75. The first-order chi connectivity index (χ1) is 12.6. The van der Waals surface area contributed by atoms with Crippen LogP contribution in [-0.4, -0.2) is 22.8 Å². The minimum absolute atomic E-state index is 0.00427. The fraction of sp³-hybridized carbons (Fsp3) is 0.421. The van der Waals surface area contributed by atoms with Gasteiger partial charge in [-0.05, 0) is 30.0 Å². The molecule has 0 bridgehead atoms. The quantitative estimate of drug-likeness (QED) is 0.760. The lowest BCUT2D eigenvalue weighted by Crippen LogP contribution is -2.47. The Labute approximate surface area is 164 Å². The minimum atomic E-state index is -0.495. The molecule has 1 aliphatic carbocycles. The average Bonchev–Trinajstić information content (AvgIpc) is 3.34. The standard InChI is InChI=1S/C19H20BrN3O2S/c20-14-6-5-13-10-17(24)23(15(13)11-14)16(9-12-3-1-2-4-12)18(25)22-19-21-7-8-26-19/h5-8,11-12,16H,1-4,9-10H2,(H,21,22,25). The molecule has 1 atom stereocenters. The molecule has 1 fully saturated rings. The lowest BCUT2D eigenvalue weighted by atomic mass is 9.96. The fourth-order valence-corrected chi connectivity index (χ4v) is 4.88. The summed E-state index contributed by atoms with van der Waals surface area (Å²) < 4.78 is 0.913. The number of thiazole rings is 1. The van der Waals surface area contributed by atoms with Crippen molar-refractivity contribution < 1.29 is 9.59 Å². The van der Waals surface area contributed by atoms with Gasteiger partial charge in [0, 0.05) is 21.7 Å². The summed E-state index contributed by atoms with van der Waals surface area (Å²) in [4.78, 5) is 31.7. The van der Waals surface area contributed by atoms with Crippen LogP contribution in [0.4, 0.5) is 10.8 Å². The first kappa shape index (κ1) is 17.7. The normalized spacial score (nSPS) is 18.2. The van der Waals surface area contributed by atoms with Crippen molar-refractivity contribution in [2.75, 3.05) is 10.2 Å². The monoisotopic (exact) mass is 433 g/mol. The van der Waals surface area contributed by atoms with Crippen molar-refractivity contribution in [2.24, 2.45) is 5.92 Å². The predicted octanol–water partition coefficient (Wildman–Crippen LogP) is 4.38. The van der Waals surface area contributed by atoms with Crippen LogP contribution in [-0.2, 0) is 16.0 Å². The van der Waals surface area contributed by atoms with E-state index in [-0.39, 0.29) is 11.8 Å². The number of hydrogen-bond donors (Lipinski definition) is 1. The number of benzene rings is 1. The van der Waals surface area contributed by atoms with Gasteiger partial charge in [0.1, 0.15) is 6.04 Å². The topological polar surface area (TPSA) is 62.3 Å². The molecule has 26 heavy (non-hydrogen) atoms. The predicted molar refractivity (Wildman–Crippen MR) is 106 cm³/mol. The highest BCUT2D eigenvalue weighted by atomic mass is 79.9. The van der Waals surface area contributed by atoms with Crippen LogP contribution in [0.1, 0.15) is 37.7 Å². The molecule has 2 aliphatic rings. The summed E-state index contributed by atoms with van der Waals surface area (Å²) in [5.41, 5.74) is 1.83. The summed E-state index contributed by atoms with van der Waals surface area (Å²) in [6.07, 6.45) is 7.41. The number of aromatic nitrogens is 1. The fourth-order valence-electron chi connectivity index (χ4n) is 4.00. The molecule has 4 rings (SSSR count). The molecule has 2 aromatic rings. The summed E-state index contributed by atoms with van der Waals surface area (Å²) in [5, 5.41) is 5.31. The zero-order valence-electron chi connectivity index (χ0n) is 14.3. The van der Waals surface area contributed by atoms with Crippen LogP contribution in [0, 0.1) is 5.92 Å². The van der Waals surface area contributed by atoms with E-state index >= 15 is 0 Å². The molecule has 1 saturated carbocycles. The van der Waals surface area contributed by atoms with Gasteiger partial charge in [-0.25, -0.2) is 4.98 Å². The van der Waals surface area contributed by atoms with Gasteiger partial charge < -0.3 is 5.32 Å². The van der Waals surface area contributed by atoms with Gasteiger partial charge in [-0.3, -0.25) is 14.5 Å². The van der Waals surface area contributed by atoms with Crippen molar-refractivity contribution >= 4 is 49.9 Å². The highest BCUT2D eigenvalue weighted by molar-refractivity contribution is 9.10. The number of rotatable bonds is 5.